The van der Waals surface area contributed by atoms with Crippen LogP contribution < -0.4 is 9.47 Å². The van der Waals surface area contributed by atoms with E-state index in [0.29, 0.717) is 18.2 Å². The van der Waals surface area contributed by atoms with Crippen molar-refractivity contribution in [1.82, 2.24) is 5.06 Å². The molecule has 1 aliphatic heterocycles. The predicted octanol–water partition coefficient (Wildman–Crippen LogP) is 3.69. The average molecular weight is 320 g/mol. The van der Waals surface area contributed by atoms with Crippen LogP contribution >= 0.6 is 11.6 Å². The second-order valence-corrected chi connectivity index (χ2v) is 5.55. The van der Waals surface area contributed by atoms with Crippen LogP contribution in [0.4, 0.5) is 0 Å². The molecular weight excluding hydrogens is 302 g/mol. The van der Waals surface area contributed by atoms with Crippen LogP contribution in [0.25, 0.3) is 0 Å². The van der Waals surface area contributed by atoms with Gasteiger partial charge in [-0.3, -0.25) is 4.84 Å². The summed E-state index contributed by atoms with van der Waals surface area (Å²) in [5.41, 5.74) is 1.83. The first-order valence-electron chi connectivity index (χ1n) is 7.12. The highest BCUT2D eigenvalue weighted by molar-refractivity contribution is 6.30. The van der Waals surface area contributed by atoms with E-state index in [-0.39, 0.29) is 6.10 Å². The van der Waals surface area contributed by atoms with Gasteiger partial charge in [-0.25, -0.2) is 0 Å². The van der Waals surface area contributed by atoms with E-state index >= 15 is 0 Å². The monoisotopic (exact) mass is 319 g/mol. The first kappa shape index (κ1) is 15.2. The smallest absolute Gasteiger partial charge is 0.137 e. The highest BCUT2D eigenvalue weighted by atomic mass is 35.5. The van der Waals surface area contributed by atoms with Crippen LogP contribution in [0.15, 0.2) is 42.5 Å². The quantitative estimate of drug-likeness (QED) is 0.844. The Balaban J connectivity index is 2.15. The van der Waals surface area contributed by atoms with E-state index in [4.69, 9.17) is 25.9 Å². The van der Waals surface area contributed by atoms with Crippen molar-refractivity contribution in [2.24, 2.45) is 0 Å². The molecule has 1 atom stereocenters. The summed E-state index contributed by atoms with van der Waals surface area (Å²) in [7, 11) is 3.54. The molecule has 2 aromatic carbocycles. The maximum Gasteiger partial charge on any atom is 0.137 e. The molecule has 0 bridgehead atoms. The molecule has 4 nitrogen and oxygen atoms in total. The lowest BCUT2D eigenvalue weighted by atomic mass is 9.99. The van der Waals surface area contributed by atoms with Gasteiger partial charge in [0.1, 0.15) is 24.2 Å². The third-order valence-corrected chi connectivity index (χ3v) is 3.84. The molecule has 1 heterocycles. The van der Waals surface area contributed by atoms with Gasteiger partial charge in [0.15, 0.2) is 0 Å². The summed E-state index contributed by atoms with van der Waals surface area (Å²) in [5.74, 6) is 1.51. The van der Waals surface area contributed by atoms with Crippen LogP contribution in [-0.4, -0.2) is 32.4 Å². The van der Waals surface area contributed by atoms with Crippen molar-refractivity contribution >= 4 is 11.6 Å². The van der Waals surface area contributed by atoms with Crippen LogP contribution in [0.5, 0.6) is 11.5 Å². The molecule has 0 aromatic heterocycles. The zero-order chi connectivity index (χ0) is 15.5. The van der Waals surface area contributed by atoms with Crippen molar-refractivity contribution in [1.29, 1.82) is 0 Å². The van der Waals surface area contributed by atoms with E-state index in [1.807, 2.05) is 49.5 Å². The van der Waals surface area contributed by atoms with E-state index in [1.54, 1.807) is 12.2 Å². The van der Waals surface area contributed by atoms with Crippen molar-refractivity contribution in [3.8, 4) is 11.5 Å². The van der Waals surface area contributed by atoms with Gasteiger partial charge in [0, 0.05) is 12.1 Å². The largest absolute Gasteiger partial charge is 0.496 e. The number of halogens is 1. The molecule has 0 fully saturated rings. The van der Waals surface area contributed by atoms with Crippen molar-refractivity contribution in [3.05, 3.63) is 58.6 Å². The van der Waals surface area contributed by atoms with Crippen molar-refractivity contribution in [2.75, 3.05) is 27.3 Å². The fraction of sp³-hybridized carbons (Fsp3) is 0.294. The zero-order valence-electron chi connectivity index (χ0n) is 12.6. The fourth-order valence-electron chi connectivity index (χ4n) is 2.55. The molecule has 2 aromatic rings. The van der Waals surface area contributed by atoms with E-state index in [2.05, 4.69) is 0 Å². The Morgan fingerprint density at radius 3 is 2.82 bits per heavy atom. The molecule has 0 saturated heterocycles. The summed E-state index contributed by atoms with van der Waals surface area (Å²) in [4.78, 5) is 6.12. The van der Waals surface area contributed by atoms with Crippen LogP contribution in [0.2, 0.25) is 5.02 Å². The number of hydrogen-bond acceptors (Lipinski definition) is 4. The number of nitrogens with zero attached hydrogens (tertiary/aromatic N) is 1. The maximum absolute atomic E-state index is 6.14. The summed E-state index contributed by atoms with van der Waals surface area (Å²) >= 11 is 6.14. The minimum Gasteiger partial charge on any atom is -0.496 e. The van der Waals surface area contributed by atoms with Gasteiger partial charge < -0.3 is 9.47 Å². The second kappa shape index (κ2) is 6.57. The Morgan fingerprint density at radius 2 is 2.05 bits per heavy atom. The zero-order valence-corrected chi connectivity index (χ0v) is 13.3. The van der Waals surface area contributed by atoms with Crippen molar-refractivity contribution < 1.29 is 14.3 Å². The summed E-state index contributed by atoms with van der Waals surface area (Å²) < 4.78 is 11.4. The number of ether oxygens (including phenoxy) is 2. The lowest BCUT2D eigenvalue weighted by Gasteiger charge is -2.30. The number of benzene rings is 2. The van der Waals surface area contributed by atoms with Crippen LogP contribution in [0.1, 0.15) is 17.2 Å². The third kappa shape index (κ3) is 3.04. The molecule has 0 amide bonds. The summed E-state index contributed by atoms with van der Waals surface area (Å²) in [6, 6.07) is 13.4. The molecule has 0 saturated carbocycles. The van der Waals surface area contributed by atoms with Gasteiger partial charge in [0.25, 0.3) is 0 Å². The standard InChI is InChI=1S/C17H18ClNO3/c1-19-9-10-21-15-8-4-7-14(20-2)16(15)17(22-19)12-5-3-6-13(18)11-12/h3-8,11,17H,9-10H2,1-2H3. The average Bonchev–Trinajstić information content (AvgIpc) is 2.50. The van der Waals surface area contributed by atoms with E-state index in [9.17, 15) is 0 Å². The number of fused-ring (bicyclic) bond motifs is 1. The second-order valence-electron chi connectivity index (χ2n) is 5.11. The maximum atomic E-state index is 6.14. The number of hydroxylamine groups is 2. The Hall–Kier alpha value is -1.75. The molecule has 0 spiro atoms. The lowest BCUT2D eigenvalue weighted by molar-refractivity contribution is -0.178. The van der Waals surface area contributed by atoms with E-state index < -0.39 is 0 Å². The molecule has 22 heavy (non-hydrogen) atoms. The van der Waals surface area contributed by atoms with Gasteiger partial charge in [0.05, 0.1) is 19.2 Å². The Bertz CT molecular complexity index is 662. The molecule has 116 valence electrons. The van der Waals surface area contributed by atoms with Gasteiger partial charge in [0.2, 0.25) is 0 Å². The SMILES string of the molecule is COc1cccc2c1C(c1cccc(Cl)c1)ON(C)CCO2. The summed E-state index contributed by atoms with van der Waals surface area (Å²) in [5, 5.41) is 2.45. The first-order chi connectivity index (χ1) is 10.7. The minimum atomic E-state index is -0.338. The molecule has 0 aliphatic carbocycles. The molecular formula is C17H18ClNO3. The summed E-state index contributed by atoms with van der Waals surface area (Å²) in [6.45, 7) is 1.23. The highest BCUT2D eigenvalue weighted by Gasteiger charge is 2.27. The molecule has 3 rings (SSSR count). The van der Waals surface area contributed by atoms with Crippen LogP contribution in [0.3, 0.4) is 0 Å². The van der Waals surface area contributed by atoms with E-state index in [0.717, 1.165) is 22.6 Å². The predicted molar refractivity (Wildman–Crippen MR) is 85.5 cm³/mol. The number of methoxy groups -OCH3 is 1. The lowest BCUT2D eigenvalue weighted by Crippen LogP contribution is -2.30. The third-order valence-electron chi connectivity index (χ3n) is 3.61. The van der Waals surface area contributed by atoms with Crippen LogP contribution in [-0.2, 0) is 4.84 Å². The normalized spacial score (nSPS) is 18.8. The van der Waals surface area contributed by atoms with Gasteiger partial charge in [-0.05, 0) is 29.8 Å². The number of likely N-dealkylation sites (N-methyl/N-ethyl adjacent to an activating group) is 1. The topological polar surface area (TPSA) is 30.9 Å². The first-order valence-corrected chi connectivity index (χ1v) is 7.50. The van der Waals surface area contributed by atoms with Gasteiger partial charge in [-0.15, -0.1) is 0 Å². The fourth-order valence-corrected chi connectivity index (χ4v) is 2.75. The van der Waals surface area contributed by atoms with Gasteiger partial charge in [-0.2, -0.15) is 5.06 Å². The van der Waals surface area contributed by atoms with Gasteiger partial charge in [-0.1, -0.05) is 29.8 Å². The van der Waals surface area contributed by atoms with Crippen LogP contribution in [0, 0.1) is 0 Å². The van der Waals surface area contributed by atoms with E-state index in [1.165, 1.54) is 0 Å². The van der Waals surface area contributed by atoms with Gasteiger partial charge >= 0.3 is 0 Å². The molecule has 1 unspecified atom stereocenters. The highest BCUT2D eigenvalue weighted by Crippen LogP contribution is 2.41. The minimum absolute atomic E-state index is 0.338. The Labute approximate surface area is 135 Å². The Morgan fingerprint density at radius 1 is 1.23 bits per heavy atom. The molecule has 5 heteroatoms. The molecule has 0 N–H and O–H groups in total. The van der Waals surface area contributed by atoms with Crippen molar-refractivity contribution in [2.45, 2.75) is 6.10 Å². The summed E-state index contributed by atoms with van der Waals surface area (Å²) in [6.07, 6.45) is -0.338. The Kier molecular flexibility index (Phi) is 4.52. The van der Waals surface area contributed by atoms with Crippen molar-refractivity contribution in [3.63, 3.8) is 0 Å². The number of hydrogen-bond donors (Lipinski definition) is 0. The number of rotatable bonds is 2. The molecule has 1 aliphatic rings. The molecule has 0 radical (unpaired) electrons.